The van der Waals surface area contributed by atoms with Crippen LogP contribution in [-0.4, -0.2) is 13.2 Å². The lowest BCUT2D eigenvalue weighted by atomic mass is 10.1. The molecule has 22 heavy (non-hydrogen) atoms. The molecule has 0 bridgehead atoms. The van der Waals surface area contributed by atoms with Crippen molar-refractivity contribution in [3.8, 4) is 0 Å². The van der Waals surface area contributed by atoms with Gasteiger partial charge in [-0.3, -0.25) is 0 Å². The minimum absolute atomic E-state index is 0. The Bertz CT molecular complexity index is 155. The van der Waals surface area contributed by atoms with E-state index in [1.54, 1.807) is 0 Å². The van der Waals surface area contributed by atoms with Crippen LogP contribution in [0.25, 0.3) is 0 Å². The van der Waals surface area contributed by atoms with Crippen LogP contribution < -0.4 is 6.15 Å². The average molecular weight is 316 g/mol. The van der Waals surface area contributed by atoms with Gasteiger partial charge in [0.15, 0.2) is 0 Å². The third kappa shape index (κ3) is 22.2. The minimum Gasteiger partial charge on any atom is -0.381 e. The van der Waals surface area contributed by atoms with E-state index in [2.05, 4.69) is 13.8 Å². The summed E-state index contributed by atoms with van der Waals surface area (Å²) in [7, 11) is 0. The van der Waals surface area contributed by atoms with Crippen LogP contribution in [0.2, 0.25) is 0 Å². The quantitative estimate of drug-likeness (QED) is 0.267. The molecule has 0 amide bonds. The zero-order chi connectivity index (χ0) is 15.4. The van der Waals surface area contributed by atoms with E-state index in [0.29, 0.717) is 0 Å². The number of rotatable bonds is 18. The topological polar surface area (TPSA) is 44.2 Å². The van der Waals surface area contributed by atoms with Crippen LogP contribution in [-0.2, 0) is 4.74 Å². The Hall–Kier alpha value is -0.0800. The van der Waals surface area contributed by atoms with E-state index < -0.39 is 0 Å². The molecule has 2 heteroatoms. The van der Waals surface area contributed by atoms with E-state index in [0.717, 1.165) is 13.2 Å². The van der Waals surface area contributed by atoms with Gasteiger partial charge in [-0.25, -0.2) is 0 Å². The fraction of sp³-hybridized carbons (Fsp3) is 1.00. The predicted molar refractivity (Wildman–Crippen MR) is 101 cm³/mol. The smallest absolute Gasteiger partial charge is 0.0466 e. The van der Waals surface area contributed by atoms with Crippen molar-refractivity contribution in [2.75, 3.05) is 13.2 Å². The van der Waals surface area contributed by atoms with E-state index in [9.17, 15) is 0 Å². The molecule has 0 atom stereocenters. The summed E-state index contributed by atoms with van der Waals surface area (Å²) < 4.78 is 5.72. The molecule has 0 radical (unpaired) electrons. The lowest BCUT2D eigenvalue weighted by molar-refractivity contribution is 0.125. The van der Waals surface area contributed by atoms with Crippen LogP contribution in [0, 0.1) is 0 Å². The van der Waals surface area contributed by atoms with E-state index in [-0.39, 0.29) is 6.15 Å². The van der Waals surface area contributed by atoms with E-state index in [1.165, 1.54) is 103 Å². The molecule has 0 unspecified atom stereocenters. The van der Waals surface area contributed by atoms with Gasteiger partial charge in [-0.1, -0.05) is 104 Å². The summed E-state index contributed by atoms with van der Waals surface area (Å²) in [4.78, 5) is 0. The van der Waals surface area contributed by atoms with Gasteiger partial charge < -0.3 is 10.9 Å². The van der Waals surface area contributed by atoms with Crippen molar-refractivity contribution < 1.29 is 4.74 Å². The first-order valence-corrected chi connectivity index (χ1v) is 9.99. The molecular formula is C20H45NO. The first-order chi connectivity index (χ1) is 10.4. The van der Waals surface area contributed by atoms with Crippen molar-refractivity contribution in [1.82, 2.24) is 6.15 Å². The van der Waals surface area contributed by atoms with Gasteiger partial charge in [0.25, 0.3) is 0 Å². The molecule has 0 rings (SSSR count). The van der Waals surface area contributed by atoms with Crippen molar-refractivity contribution in [2.45, 2.75) is 117 Å². The molecule has 0 fully saturated rings. The Morgan fingerprint density at radius 2 is 0.682 bits per heavy atom. The predicted octanol–water partition coefficient (Wildman–Crippen LogP) is 7.45. The van der Waals surface area contributed by atoms with Gasteiger partial charge in [0, 0.05) is 13.2 Å². The van der Waals surface area contributed by atoms with Crippen LogP contribution in [0.1, 0.15) is 117 Å². The first kappa shape index (κ1) is 24.2. The minimum atomic E-state index is 0. The van der Waals surface area contributed by atoms with Crippen molar-refractivity contribution in [1.29, 1.82) is 0 Å². The monoisotopic (exact) mass is 315 g/mol. The van der Waals surface area contributed by atoms with Crippen molar-refractivity contribution >= 4 is 0 Å². The molecule has 0 aromatic rings. The fourth-order valence-electron chi connectivity index (χ4n) is 2.78. The second-order valence-electron chi connectivity index (χ2n) is 6.56. The van der Waals surface area contributed by atoms with Gasteiger partial charge in [-0.2, -0.15) is 0 Å². The summed E-state index contributed by atoms with van der Waals surface area (Å²) in [5.41, 5.74) is 0. The first-order valence-electron chi connectivity index (χ1n) is 9.99. The van der Waals surface area contributed by atoms with Gasteiger partial charge in [0.2, 0.25) is 0 Å². The van der Waals surface area contributed by atoms with E-state index in [4.69, 9.17) is 4.74 Å². The maximum atomic E-state index is 5.72. The Labute approximate surface area is 141 Å². The summed E-state index contributed by atoms with van der Waals surface area (Å²) in [6.45, 7) is 6.55. The van der Waals surface area contributed by atoms with Crippen LogP contribution in [0.3, 0.4) is 0 Å². The van der Waals surface area contributed by atoms with Gasteiger partial charge >= 0.3 is 0 Å². The highest BCUT2D eigenvalue weighted by Crippen LogP contribution is 2.10. The average Bonchev–Trinajstić information content (AvgIpc) is 2.50. The summed E-state index contributed by atoms with van der Waals surface area (Å²) >= 11 is 0. The van der Waals surface area contributed by atoms with Gasteiger partial charge in [0.1, 0.15) is 0 Å². The molecule has 0 saturated carbocycles. The molecule has 0 saturated heterocycles. The zero-order valence-corrected chi connectivity index (χ0v) is 15.8. The molecule has 0 aliphatic rings. The SMILES string of the molecule is CCCCCCCCCCOCCCCCCCCCC.N. The molecule has 0 aliphatic carbocycles. The highest BCUT2D eigenvalue weighted by Gasteiger charge is 1.94. The Morgan fingerprint density at radius 1 is 0.409 bits per heavy atom. The van der Waals surface area contributed by atoms with E-state index in [1.807, 2.05) is 0 Å². The number of hydrogen-bond acceptors (Lipinski definition) is 2. The summed E-state index contributed by atoms with van der Waals surface area (Å²) in [5.74, 6) is 0. The second-order valence-corrected chi connectivity index (χ2v) is 6.56. The van der Waals surface area contributed by atoms with Gasteiger partial charge in [-0.15, -0.1) is 0 Å². The number of ether oxygens (including phenoxy) is 1. The highest BCUT2D eigenvalue weighted by molar-refractivity contribution is 4.47. The summed E-state index contributed by atoms with van der Waals surface area (Å²) in [6, 6.07) is 0. The van der Waals surface area contributed by atoms with E-state index >= 15 is 0 Å². The number of unbranched alkanes of at least 4 members (excludes halogenated alkanes) is 14. The van der Waals surface area contributed by atoms with Crippen molar-refractivity contribution in [3.63, 3.8) is 0 Å². The lowest BCUT2D eigenvalue weighted by Crippen LogP contribution is -1.97. The maximum Gasteiger partial charge on any atom is 0.0466 e. The van der Waals surface area contributed by atoms with Gasteiger partial charge in [0.05, 0.1) is 0 Å². The van der Waals surface area contributed by atoms with Crippen molar-refractivity contribution in [3.05, 3.63) is 0 Å². The Kier molecular flexibility index (Phi) is 25.5. The molecule has 0 aliphatic heterocycles. The zero-order valence-electron chi connectivity index (χ0n) is 15.8. The third-order valence-corrected chi connectivity index (χ3v) is 4.28. The summed E-state index contributed by atoms with van der Waals surface area (Å²) in [5, 5.41) is 0. The molecule has 0 heterocycles. The molecule has 2 nitrogen and oxygen atoms in total. The Balaban J connectivity index is 0. The fourth-order valence-corrected chi connectivity index (χ4v) is 2.78. The highest BCUT2D eigenvalue weighted by atomic mass is 16.5. The number of hydrogen-bond donors (Lipinski definition) is 1. The van der Waals surface area contributed by atoms with Crippen molar-refractivity contribution in [2.24, 2.45) is 0 Å². The molecule has 136 valence electrons. The lowest BCUT2D eigenvalue weighted by Gasteiger charge is -2.05. The van der Waals surface area contributed by atoms with Crippen LogP contribution in [0.5, 0.6) is 0 Å². The summed E-state index contributed by atoms with van der Waals surface area (Å²) in [6.07, 6.45) is 22.2. The van der Waals surface area contributed by atoms with Crippen LogP contribution in [0.15, 0.2) is 0 Å². The standard InChI is InChI=1S/C20H42O.H3N/c1-3-5-7-9-11-13-15-17-19-21-20-18-16-14-12-10-8-6-4-2;/h3-20H2,1-2H3;1H3. The maximum absolute atomic E-state index is 5.72. The normalized spacial score (nSPS) is 10.6. The van der Waals surface area contributed by atoms with Crippen LogP contribution >= 0.6 is 0 Å². The second kappa shape index (κ2) is 23.2. The largest absolute Gasteiger partial charge is 0.381 e. The third-order valence-electron chi connectivity index (χ3n) is 4.28. The van der Waals surface area contributed by atoms with Gasteiger partial charge in [-0.05, 0) is 12.8 Å². The molecule has 3 N–H and O–H groups in total. The Morgan fingerprint density at radius 3 is 1.00 bits per heavy atom. The van der Waals surface area contributed by atoms with Crippen LogP contribution in [0.4, 0.5) is 0 Å². The molecular weight excluding hydrogens is 270 g/mol. The molecule has 0 spiro atoms. The molecule has 0 aromatic heterocycles. The molecule has 0 aromatic carbocycles.